The number of benzene rings is 1. The first-order valence-electron chi connectivity index (χ1n) is 7.20. The molecule has 0 radical (unpaired) electrons. The van der Waals surface area contributed by atoms with Crippen molar-refractivity contribution in [3.05, 3.63) is 29.3 Å². The molecule has 0 aliphatic heterocycles. The van der Waals surface area contributed by atoms with E-state index in [4.69, 9.17) is 4.74 Å². The fourth-order valence-corrected chi connectivity index (χ4v) is 1.91. The van der Waals surface area contributed by atoms with Gasteiger partial charge in [0.2, 0.25) is 0 Å². The maximum Gasteiger partial charge on any atom is 0.123 e. The van der Waals surface area contributed by atoms with Crippen LogP contribution < -0.4 is 10.1 Å². The van der Waals surface area contributed by atoms with Crippen molar-refractivity contribution in [3.63, 3.8) is 0 Å². The normalized spacial score (nSPS) is 11.6. The van der Waals surface area contributed by atoms with Gasteiger partial charge < -0.3 is 15.2 Å². The summed E-state index contributed by atoms with van der Waals surface area (Å²) in [6.45, 7) is 10.2. The Kier molecular flexibility index (Phi) is 6.32. The first kappa shape index (κ1) is 16.0. The highest BCUT2D eigenvalue weighted by Gasteiger charge is 2.23. The highest BCUT2D eigenvalue weighted by Crippen LogP contribution is 2.23. The molecular formula is C16H27NO2. The van der Waals surface area contributed by atoms with Crippen molar-refractivity contribution in [2.24, 2.45) is 0 Å². The largest absolute Gasteiger partial charge is 0.490 e. The summed E-state index contributed by atoms with van der Waals surface area (Å²) >= 11 is 0. The Morgan fingerprint density at radius 1 is 1.21 bits per heavy atom. The summed E-state index contributed by atoms with van der Waals surface area (Å²) in [4.78, 5) is 0. The van der Waals surface area contributed by atoms with Crippen LogP contribution in [0.2, 0.25) is 0 Å². The van der Waals surface area contributed by atoms with Gasteiger partial charge in [-0.05, 0) is 32.4 Å². The molecule has 108 valence electrons. The second kappa shape index (κ2) is 7.51. The molecule has 1 aromatic rings. The first-order chi connectivity index (χ1) is 9.04. The van der Waals surface area contributed by atoms with Crippen LogP contribution in [0, 0.1) is 6.92 Å². The van der Waals surface area contributed by atoms with Gasteiger partial charge in [-0.2, -0.15) is 0 Å². The zero-order chi connectivity index (χ0) is 14.3. The third-order valence-corrected chi connectivity index (χ3v) is 3.59. The minimum absolute atomic E-state index is 0.349. The summed E-state index contributed by atoms with van der Waals surface area (Å²) in [5, 5.41) is 13.6. The Labute approximate surface area is 117 Å². The van der Waals surface area contributed by atoms with Gasteiger partial charge in [-0.1, -0.05) is 38.5 Å². The van der Waals surface area contributed by atoms with Gasteiger partial charge >= 0.3 is 0 Å². The molecule has 0 amide bonds. The SMILES string of the molecule is CCNCc1cc(C)ccc1OCC(O)(CC)CC. The van der Waals surface area contributed by atoms with Crippen molar-refractivity contribution in [2.45, 2.75) is 52.7 Å². The fraction of sp³-hybridized carbons (Fsp3) is 0.625. The van der Waals surface area contributed by atoms with Gasteiger partial charge in [0.1, 0.15) is 12.4 Å². The second-order valence-electron chi connectivity index (χ2n) is 5.11. The van der Waals surface area contributed by atoms with E-state index < -0.39 is 5.60 Å². The summed E-state index contributed by atoms with van der Waals surface area (Å²) < 4.78 is 5.85. The van der Waals surface area contributed by atoms with Crippen molar-refractivity contribution in [2.75, 3.05) is 13.2 Å². The Balaban J connectivity index is 2.76. The number of hydrogen-bond donors (Lipinski definition) is 2. The molecule has 0 atom stereocenters. The molecule has 19 heavy (non-hydrogen) atoms. The van der Waals surface area contributed by atoms with E-state index in [1.165, 1.54) is 5.56 Å². The van der Waals surface area contributed by atoms with Crippen molar-refractivity contribution >= 4 is 0 Å². The van der Waals surface area contributed by atoms with Crippen LogP contribution >= 0.6 is 0 Å². The molecule has 3 heteroatoms. The summed E-state index contributed by atoms with van der Waals surface area (Å²) in [5.41, 5.74) is 1.65. The molecule has 3 nitrogen and oxygen atoms in total. The lowest BCUT2D eigenvalue weighted by Gasteiger charge is -2.26. The summed E-state index contributed by atoms with van der Waals surface area (Å²) in [5.74, 6) is 0.867. The molecule has 0 saturated heterocycles. The van der Waals surface area contributed by atoms with Gasteiger partial charge in [0.15, 0.2) is 0 Å². The number of aliphatic hydroxyl groups is 1. The molecule has 0 unspecified atom stereocenters. The molecule has 0 heterocycles. The van der Waals surface area contributed by atoms with E-state index in [-0.39, 0.29) is 0 Å². The van der Waals surface area contributed by atoms with Crippen LogP contribution in [0.3, 0.4) is 0 Å². The average molecular weight is 265 g/mol. The molecule has 0 saturated carbocycles. The number of hydrogen-bond acceptors (Lipinski definition) is 3. The van der Waals surface area contributed by atoms with Crippen LogP contribution in [0.15, 0.2) is 18.2 Å². The lowest BCUT2D eigenvalue weighted by Crippen LogP contribution is -2.34. The Morgan fingerprint density at radius 3 is 2.47 bits per heavy atom. The lowest BCUT2D eigenvalue weighted by molar-refractivity contribution is -0.0116. The van der Waals surface area contributed by atoms with Crippen LogP contribution in [-0.4, -0.2) is 23.9 Å². The maximum absolute atomic E-state index is 10.3. The lowest BCUT2D eigenvalue weighted by atomic mass is 9.99. The van der Waals surface area contributed by atoms with Crippen molar-refractivity contribution in [1.29, 1.82) is 0 Å². The van der Waals surface area contributed by atoms with Crippen LogP contribution in [0.5, 0.6) is 5.75 Å². The molecule has 0 aliphatic rings. The monoisotopic (exact) mass is 265 g/mol. The third-order valence-electron chi connectivity index (χ3n) is 3.59. The second-order valence-corrected chi connectivity index (χ2v) is 5.11. The Bertz CT molecular complexity index is 386. The summed E-state index contributed by atoms with van der Waals surface area (Å²) in [7, 11) is 0. The maximum atomic E-state index is 10.3. The van der Waals surface area contributed by atoms with Crippen LogP contribution in [0.4, 0.5) is 0 Å². The van der Waals surface area contributed by atoms with Crippen LogP contribution in [-0.2, 0) is 6.54 Å². The zero-order valence-electron chi connectivity index (χ0n) is 12.6. The molecular weight excluding hydrogens is 238 g/mol. The molecule has 0 bridgehead atoms. The van der Waals surface area contributed by atoms with Gasteiger partial charge in [-0.15, -0.1) is 0 Å². The highest BCUT2D eigenvalue weighted by molar-refractivity contribution is 5.36. The van der Waals surface area contributed by atoms with Crippen LogP contribution in [0.1, 0.15) is 44.7 Å². The average Bonchev–Trinajstić information content (AvgIpc) is 2.43. The molecule has 1 aromatic carbocycles. The van der Waals surface area contributed by atoms with Crippen molar-refractivity contribution in [3.8, 4) is 5.75 Å². The quantitative estimate of drug-likeness (QED) is 0.759. The van der Waals surface area contributed by atoms with E-state index in [0.717, 1.165) is 24.4 Å². The molecule has 0 fully saturated rings. The standard InChI is InChI=1S/C16H27NO2/c1-5-16(18,6-2)12-19-15-9-8-13(4)10-14(15)11-17-7-3/h8-10,17-18H,5-7,11-12H2,1-4H3. The van der Waals surface area contributed by atoms with Gasteiger partial charge in [-0.3, -0.25) is 0 Å². The summed E-state index contributed by atoms with van der Waals surface area (Å²) in [6.07, 6.45) is 1.41. The molecule has 0 aromatic heterocycles. The van der Waals surface area contributed by atoms with Gasteiger partial charge in [0, 0.05) is 12.1 Å². The zero-order valence-corrected chi connectivity index (χ0v) is 12.6. The number of ether oxygens (including phenoxy) is 1. The van der Waals surface area contributed by atoms with Gasteiger partial charge in [0.25, 0.3) is 0 Å². The summed E-state index contributed by atoms with van der Waals surface area (Å²) in [6, 6.07) is 6.17. The molecule has 1 rings (SSSR count). The van der Waals surface area contributed by atoms with E-state index in [2.05, 4.69) is 25.2 Å². The minimum Gasteiger partial charge on any atom is -0.490 e. The smallest absolute Gasteiger partial charge is 0.123 e. The van der Waals surface area contributed by atoms with Crippen molar-refractivity contribution < 1.29 is 9.84 Å². The molecule has 0 spiro atoms. The first-order valence-corrected chi connectivity index (χ1v) is 7.20. The third kappa shape index (κ3) is 4.84. The number of rotatable bonds is 8. The predicted octanol–water partition coefficient (Wildman–Crippen LogP) is 3.03. The van der Waals surface area contributed by atoms with Gasteiger partial charge in [-0.25, -0.2) is 0 Å². The highest BCUT2D eigenvalue weighted by atomic mass is 16.5. The van der Waals surface area contributed by atoms with E-state index >= 15 is 0 Å². The fourth-order valence-electron chi connectivity index (χ4n) is 1.91. The van der Waals surface area contributed by atoms with Gasteiger partial charge in [0.05, 0.1) is 5.60 Å². The van der Waals surface area contributed by atoms with E-state index in [9.17, 15) is 5.11 Å². The van der Waals surface area contributed by atoms with E-state index in [1.54, 1.807) is 0 Å². The predicted molar refractivity (Wildman–Crippen MR) is 79.6 cm³/mol. The van der Waals surface area contributed by atoms with Crippen molar-refractivity contribution in [1.82, 2.24) is 5.32 Å². The van der Waals surface area contributed by atoms with E-state index in [1.807, 2.05) is 26.0 Å². The number of aryl methyl sites for hydroxylation is 1. The van der Waals surface area contributed by atoms with Crippen LogP contribution in [0.25, 0.3) is 0 Å². The Morgan fingerprint density at radius 2 is 1.89 bits per heavy atom. The number of nitrogens with one attached hydrogen (secondary N) is 1. The topological polar surface area (TPSA) is 41.5 Å². The molecule has 2 N–H and O–H groups in total. The van der Waals surface area contributed by atoms with E-state index in [0.29, 0.717) is 19.4 Å². The molecule has 0 aliphatic carbocycles. The minimum atomic E-state index is -0.722. The Hall–Kier alpha value is -1.06.